The second-order valence-electron chi connectivity index (χ2n) is 8.26. The van der Waals surface area contributed by atoms with Crippen LogP contribution in [-0.2, 0) is 0 Å². The van der Waals surface area contributed by atoms with Gasteiger partial charge in [0.15, 0.2) is 0 Å². The molecular weight excluding hydrogens is 218 g/mol. The van der Waals surface area contributed by atoms with E-state index in [0.717, 1.165) is 23.9 Å². The van der Waals surface area contributed by atoms with Crippen LogP contribution in [0.2, 0.25) is 0 Å². The van der Waals surface area contributed by atoms with Gasteiger partial charge in [-0.25, -0.2) is 0 Å². The van der Waals surface area contributed by atoms with Gasteiger partial charge in [-0.05, 0) is 55.3 Å². The Morgan fingerprint density at radius 3 is 2.33 bits per heavy atom. The zero-order valence-electron chi connectivity index (χ0n) is 12.8. The minimum absolute atomic E-state index is 0.547. The highest BCUT2D eigenvalue weighted by molar-refractivity contribution is 5.13. The Morgan fingerprint density at radius 2 is 1.89 bits per heavy atom. The fraction of sp³-hybridized carbons (Fsp3) is 1.00. The molecule has 0 aromatic heterocycles. The van der Waals surface area contributed by atoms with E-state index in [-0.39, 0.29) is 0 Å². The average molecular weight is 249 g/mol. The summed E-state index contributed by atoms with van der Waals surface area (Å²) in [7, 11) is 0. The molecule has 18 heavy (non-hydrogen) atoms. The lowest BCUT2D eigenvalue weighted by atomic mass is 9.69. The molecule has 3 aliphatic carbocycles. The molecule has 0 aliphatic heterocycles. The maximum atomic E-state index is 4.01. The minimum atomic E-state index is 0.547. The van der Waals surface area contributed by atoms with E-state index in [1.807, 2.05) is 0 Å². The highest BCUT2D eigenvalue weighted by Crippen LogP contribution is 2.65. The van der Waals surface area contributed by atoms with Crippen molar-refractivity contribution in [1.82, 2.24) is 5.32 Å². The van der Waals surface area contributed by atoms with E-state index >= 15 is 0 Å². The summed E-state index contributed by atoms with van der Waals surface area (Å²) in [6, 6.07) is 1.51. The fourth-order valence-corrected chi connectivity index (χ4v) is 5.10. The summed E-state index contributed by atoms with van der Waals surface area (Å²) in [4.78, 5) is 0. The predicted octanol–water partition coefficient (Wildman–Crippen LogP) is 4.37. The molecule has 0 saturated heterocycles. The fourth-order valence-electron chi connectivity index (χ4n) is 5.10. The van der Waals surface area contributed by atoms with Gasteiger partial charge >= 0.3 is 0 Å². The first-order valence-electron chi connectivity index (χ1n) is 8.19. The second kappa shape index (κ2) is 4.23. The molecule has 3 aliphatic rings. The van der Waals surface area contributed by atoms with Gasteiger partial charge in [0.1, 0.15) is 0 Å². The molecule has 2 bridgehead atoms. The maximum Gasteiger partial charge on any atom is 0.0131 e. The van der Waals surface area contributed by atoms with Crippen LogP contribution in [0.5, 0.6) is 0 Å². The van der Waals surface area contributed by atoms with E-state index in [2.05, 4.69) is 33.0 Å². The summed E-state index contributed by atoms with van der Waals surface area (Å²) in [5, 5.41) is 4.01. The third kappa shape index (κ3) is 1.77. The van der Waals surface area contributed by atoms with Gasteiger partial charge < -0.3 is 5.32 Å². The molecule has 0 aromatic carbocycles. The maximum absolute atomic E-state index is 4.01. The number of nitrogens with one attached hydrogen (secondary N) is 1. The second-order valence-corrected chi connectivity index (χ2v) is 8.26. The van der Waals surface area contributed by atoms with Gasteiger partial charge in [0.05, 0.1) is 0 Å². The normalized spacial score (nSPS) is 44.0. The molecule has 4 unspecified atom stereocenters. The Morgan fingerprint density at radius 1 is 1.17 bits per heavy atom. The standard InChI is InChI=1S/C17H31N/c1-12(10-13-6-5-7-13)18-15-11-14-8-9-17(15,4)16(14,2)3/h12-15,18H,5-11H2,1-4H3. The van der Waals surface area contributed by atoms with Crippen LogP contribution in [0.25, 0.3) is 0 Å². The number of hydrogen-bond acceptors (Lipinski definition) is 1. The molecular formula is C17H31N. The Labute approximate surface area is 113 Å². The van der Waals surface area contributed by atoms with Crippen LogP contribution in [0.15, 0.2) is 0 Å². The van der Waals surface area contributed by atoms with Crippen molar-refractivity contribution in [2.75, 3.05) is 0 Å². The summed E-state index contributed by atoms with van der Waals surface area (Å²) in [5.74, 6) is 2.00. The van der Waals surface area contributed by atoms with Crippen LogP contribution in [0, 0.1) is 22.7 Å². The molecule has 3 fully saturated rings. The first-order valence-corrected chi connectivity index (χ1v) is 8.19. The first kappa shape index (κ1) is 13.0. The summed E-state index contributed by atoms with van der Waals surface area (Å²) in [6.07, 6.45) is 10.2. The van der Waals surface area contributed by atoms with Crippen LogP contribution < -0.4 is 5.32 Å². The van der Waals surface area contributed by atoms with Gasteiger partial charge in [-0.3, -0.25) is 0 Å². The molecule has 3 saturated carbocycles. The van der Waals surface area contributed by atoms with E-state index in [9.17, 15) is 0 Å². The lowest BCUT2D eigenvalue weighted by Gasteiger charge is -2.41. The molecule has 0 radical (unpaired) electrons. The molecule has 0 heterocycles. The Hall–Kier alpha value is -0.0400. The zero-order valence-corrected chi connectivity index (χ0v) is 12.8. The third-order valence-corrected chi connectivity index (χ3v) is 7.19. The number of hydrogen-bond donors (Lipinski definition) is 1. The highest BCUT2D eigenvalue weighted by atomic mass is 15.0. The van der Waals surface area contributed by atoms with Crippen molar-refractivity contribution < 1.29 is 0 Å². The number of fused-ring (bicyclic) bond motifs is 2. The number of rotatable bonds is 4. The van der Waals surface area contributed by atoms with E-state index < -0.39 is 0 Å². The molecule has 1 nitrogen and oxygen atoms in total. The average Bonchev–Trinajstić information content (AvgIpc) is 2.56. The van der Waals surface area contributed by atoms with Crippen molar-refractivity contribution >= 4 is 0 Å². The van der Waals surface area contributed by atoms with Crippen LogP contribution in [0.3, 0.4) is 0 Å². The van der Waals surface area contributed by atoms with Crippen molar-refractivity contribution in [1.29, 1.82) is 0 Å². The van der Waals surface area contributed by atoms with Gasteiger partial charge in [0, 0.05) is 12.1 Å². The third-order valence-electron chi connectivity index (χ3n) is 7.19. The van der Waals surface area contributed by atoms with Gasteiger partial charge in [-0.2, -0.15) is 0 Å². The largest absolute Gasteiger partial charge is 0.311 e. The van der Waals surface area contributed by atoms with E-state index in [0.29, 0.717) is 10.8 Å². The summed E-state index contributed by atoms with van der Waals surface area (Å²) in [6.45, 7) is 10.0. The summed E-state index contributed by atoms with van der Waals surface area (Å²) < 4.78 is 0. The quantitative estimate of drug-likeness (QED) is 0.780. The Bertz CT molecular complexity index is 318. The molecule has 4 atom stereocenters. The van der Waals surface area contributed by atoms with Crippen molar-refractivity contribution in [3.05, 3.63) is 0 Å². The molecule has 104 valence electrons. The van der Waals surface area contributed by atoms with Crippen LogP contribution in [-0.4, -0.2) is 12.1 Å². The highest BCUT2D eigenvalue weighted by Gasteiger charge is 2.61. The van der Waals surface area contributed by atoms with Gasteiger partial charge in [0.2, 0.25) is 0 Å². The van der Waals surface area contributed by atoms with E-state index in [1.165, 1.54) is 44.9 Å². The molecule has 1 N–H and O–H groups in total. The lowest BCUT2D eigenvalue weighted by molar-refractivity contribution is 0.112. The van der Waals surface area contributed by atoms with Crippen molar-refractivity contribution in [3.8, 4) is 0 Å². The SMILES string of the molecule is CC(CC1CCC1)NC1CC2CCC1(C)C2(C)C. The summed E-state index contributed by atoms with van der Waals surface area (Å²) in [5.41, 5.74) is 1.10. The molecule has 0 spiro atoms. The first-order chi connectivity index (χ1) is 8.43. The Kier molecular flexibility index (Phi) is 3.05. The molecule has 0 amide bonds. The predicted molar refractivity (Wildman–Crippen MR) is 77.6 cm³/mol. The summed E-state index contributed by atoms with van der Waals surface area (Å²) >= 11 is 0. The van der Waals surface area contributed by atoms with Crippen LogP contribution >= 0.6 is 0 Å². The lowest BCUT2D eigenvalue weighted by Crippen LogP contribution is -2.48. The minimum Gasteiger partial charge on any atom is -0.311 e. The van der Waals surface area contributed by atoms with Crippen LogP contribution in [0.4, 0.5) is 0 Å². The van der Waals surface area contributed by atoms with Crippen molar-refractivity contribution in [2.45, 2.75) is 84.7 Å². The van der Waals surface area contributed by atoms with E-state index in [4.69, 9.17) is 0 Å². The van der Waals surface area contributed by atoms with Gasteiger partial charge in [0.25, 0.3) is 0 Å². The molecule has 0 aromatic rings. The Balaban J connectivity index is 1.60. The molecule has 3 rings (SSSR count). The molecule has 1 heteroatoms. The van der Waals surface area contributed by atoms with Crippen molar-refractivity contribution in [3.63, 3.8) is 0 Å². The van der Waals surface area contributed by atoms with Gasteiger partial charge in [-0.15, -0.1) is 0 Å². The van der Waals surface area contributed by atoms with E-state index in [1.54, 1.807) is 0 Å². The topological polar surface area (TPSA) is 12.0 Å². The monoisotopic (exact) mass is 249 g/mol. The smallest absolute Gasteiger partial charge is 0.0131 e. The van der Waals surface area contributed by atoms with Crippen LogP contribution in [0.1, 0.15) is 72.6 Å². The zero-order chi connectivity index (χ0) is 13.0. The van der Waals surface area contributed by atoms with Crippen molar-refractivity contribution in [2.24, 2.45) is 22.7 Å². The van der Waals surface area contributed by atoms with Gasteiger partial charge in [-0.1, -0.05) is 40.0 Å².